The zero-order valence-corrected chi connectivity index (χ0v) is 12.0. The lowest BCUT2D eigenvalue weighted by molar-refractivity contribution is -0.385. The van der Waals surface area contributed by atoms with Crippen LogP contribution in [0.25, 0.3) is 0 Å². The third-order valence-electron chi connectivity index (χ3n) is 2.87. The Morgan fingerprint density at radius 3 is 2.90 bits per heavy atom. The molecule has 0 unspecified atom stereocenters. The van der Waals surface area contributed by atoms with E-state index >= 15 is 0 Å². The fourth-order valence-electron chi connectivity index (χ4n) is 1.90. The molecule has 0 fully saturated rings. The molecule has 1 heterocycles. The van der Waals surface area contributed by atoms with Gasteiger partial charge in [-0.05, 0) is 24.1 Å². The maximum atomic E-state index is 12.0. The predicted molar refractivity (Wildman–Crippen MR) is 77.4 cm³/mol. The Balaban J connectivity index is 2.04. The Bertz CT molecular complexity index is 684. The first-order valence-electron chi connectivity index (χ1n) is 6.17. The van der Waals surface area contributed by atoms with Crippen molar-refractivity contribution < 1.29 is 9.72 Å². The number of nitrogens with one attached hydrogen (secondary N) is 1. The highest BCUT2D eigenvalue weighted by atomic mass is 35.5. The number of carbonyl (C=O) groups is 1. The van der Waals surface area contributed by atoms with Crippen LogP contribution in [-0.4, -0.2) is 27.2 Å². The lowest BCUT2D eigenvalue weighted by Gasteiger charge is -2.06. The average molecular weight is 309 g/mol. The van der Waals surface area contributed by atoms with Crippen LogP contribution < -0.4 is 5.32 Å². The topological polar surface area (TPSA) is 90.1 Å². The molecule has 0 saturated heterocycles. The Labute approximate surface area is 125 Å². The van der Waals surface area contributed by atoms with Gasteiger partial charge in [0.2, 0.25) is 0 Å². The lowest BCUT2D eigenvalue weighted by Crippen LogP contribution is -2.26. The molecule has 2 rings (SSSR count). The first-order valence-corrected chi connectivity index (χ1v) is 6.55. The maximum Gasteiger partial charge on any atom is 0.300 e. The number of hydrogen-bond acceptors (Lipinski definition) is 4. The SMILES string of the molecule is Cn1cc(CCNC(=O)c2cccc(Cl)c2[N+](=O)[O-])cn1. The third-order valence-corrected chi connectivity index (χ3v) is 3.18. The van der Waals surface area contributed by atoms with E-state index in [1.807, 2.05) is 6.20 Å². The minimum Gasteiger partial charge on any atom is -0.351 e. The zero-order valence-electron chi connectivity index (χ0n) is 11.2. The van der Waals surface area contributed by atoms with Crippen LogP contribution in [0.1, 0.15) is 15.9 Å². The Hall–Kier alpha value is -2.41. The quantitative estimate of drug-likeness (QED) is 0.675. The summed E-state index contributed by atoms with van der Waals surface area (Å²) >= 11 is 5.77. The van der Waals surface area contributed by atoms with Crippen molar-refractivity contribution in [1.82, 2.24) is 15.1 Å². The number of halogens is 1. The van der Waals surface area contributed by atoms with Crippen LogP contribution in [0.15, 0.2) is 30.6 Å². The van der Waals surface area contributed by atoms with Gasteiger partial charge >= 0.3 is 5.69 Å². The molecular formula is C13H13ClN4O3. The molecule has 2 aromatic rings. The van der Waals surface area contributed by atoms with Crippen LogP contribution in [0.4, 0.5) is 5.69 Å². The highest BCUT2D eigenvalue weighted by Gasteiger charge is 2.23. The summed E-state index contributed by atoms with van der Waals surface area (Å²) in [5.74, 6) is -0.520. The summed E-state index contributed by atoms with van der Waals surface area (Å²) in [4.78, 5) is 22.3. The van der Waals surface area contributed by atoms with E-state index in [0.29, 0.717) is 13.0 Å². The van der Waals surface area contributed by atoms with Gasteiger partial charge in [0.05, 0.1) is 11.1 Å². The second-order valence-electron chi connectivity index (χ2n) is 4.42. The van der Waals surface area contributed by atoms with E-state index in [1.165, 1.54) is 18.2 Å². The molecule has 0 spiro atoms. The van der Waals surface area contributed by atoms with Gasteiger partial charge in [0.15, 0.2) is 0 Å². The van der Waals surface area contributed by atoms with Gasteiger partial charge in [-0.3, -0.25) is 19.6 Å². The Kier molecular flexibility index (Phi) is 4.54. The van der Waals surface area contributed by atoms with Crippen molar-refractivity contribution in [1.29, 1.82) is 0 Å². The minimum absolute atomic E-state index is 0.0429. The summed E-state index contributed by atoms with van der Waals surface area (Å²) in [6.07, 6.45) is 4.13. The van der Waals surface area contributed by atoms with Crippen molar-refractivity contribution in [3.63, 3.8) is 0 Å². The molecule has 110 valence electrons. The van der Waals surface area contributed by atoms with Crippen molar-refractivity contribution in [2.75, 3.05) is 6.54 Å². The summed E-state index contributed by atoms with van der Waals surface area (Å²) in [5, 5.41) is 17.6. The number of hydrogen-bond donors (Lipinski definition) is 1. The molecule has 0 atom stereocenters. The molecule has 0 radical (unpaired) electrons. The molecule has 1 aromatic heterocycles. The Morgan fingerprint density at radius 2 is 2.29 bits per heavy atom. The first-order chi connectivity index (χ1) is 9.99. The molecule has 1 N–H and O–H groups in total. The molecule has 8 heteroatoms. The fourth-order valence-corrected chi connectivity index (χ4v) is 2.14. The van der Waals surface area contributed by atoms with E-state index in [4.69, 9.17) is 11.6 Å². The van der Waals surface area contributed by atoms with E-state index in [-0.39, 0.29) is 16.3 Å². The molecule has 1 aromatic carbocycles. The minimum atomic E-state index is -0.654. The molecular weight excluding hydrogens is 296 g/mol. The fraction of sp³-hybridized carbons (Fsp3) is 0.231. The van der Waals surface area contributed by atoms with E-state index in [2.05, 4.69) is 10.4 Å². The van der Waals surface area contributed by atoms with E-state index in [1.54, 1.807) is 17.9 Å². The number of aromatic nitrogens is 2. The summed E-state index contributed by atoms with van der Waals surface area (Å²) in [7, 11) is 1.80. The second-order valence-corrected chi connectivity index (χ2v) is 4.83. The maximum absolute atomic E-state index is 12.0. The van der Waals surface area contributed by atoms with Crippen LogP contribution in [0, 0.1) is 10.1 Å². The van der Waals surface area contributed by atoms with Gasteiger partial charge in [-0.1, -0.05) is 17.7 Å². The lowest BCUT2D eigenvalue weighted by atomic mass is 10.1. The molecule has 0 bridgehead atoms. The predicted octanol–water partition coefficient (Wildman–Crippen LogP) is 1.95. The molecule has 7 nitrogen and oxygen atoms in total. The highest BCUT2D eigenvalue weighted by molar-refractivity contribution is 6.33. The standard InChI is InChI=1S/C13H13ClN4O3/c1-17-8-9(7-16-17)5-6-15-13(19)10-3-2-4-11(14)12(10)18(20)21/h2-4,7-8H,5-6H2,1H3,(H,15,19). The monoisotopic (exact) mass is 308 g/mol. The van der Waals surface area contributed by atoms with Crippen LogP contribution in [0.3, 0.4) is 0 Å². The average Bonchev–Trinajstić information content (AvgIpc) is 2.83. The molecule has 0 aliphatic rings. The van der Waals surface area contributed by atoms with Crippen molar-refractivity contribution >= 4 is 23.2 Å². The number of nitrogens with zero attached hydrogens (tertiary/aromatic N) is 3. The Morgan fingerprint density at radius 1 is 1.52 bits per heavy atom. The number of amides is 1. The van der Waals surface area contributed by atoms with Crippen LogP contribution in [-0.2, 0) is 13.5 Å². The third kappa shape index (κ3) is 3.57. The van der Waals surface area contributed by atoms with Gasteiger partial charge < -0.3 is 5.32 Å². The van der Waals surface area contributed by atoms with Gasteiger partial charge in [0.25, 0.3) is 5.91 Å². The largest absolute Gasteiger partial charge is 0.351 e. The van der Waals surface area contributed by atoms with Crippen LogP contribution in [0.5, 0.6) is 0 Å². The summed E-state index contributed by atoms with van der Waals surface area (Å²) in [5.41, 5.74) is 0.551. The second kappa shape index (κ2) is 6.36. The number of aryl methyl sites for hydroxylation is 1. The van der Waals surface area contributed by atoms with Crippen LogP contribution >= 0.6 is 11.6 Å². The zero-order chi connectivity index (χ0) is 15.4. The number of para-hydroxylation sites is 1. The van der Waals surface area contributed by atoms with Crippen molar-refractivity contribution in [3.8, 4) is 0 Å². The highest BCUT2D eigenvalue weighted by Crippen LogP contribution is 2.27. The number of nitro groups is 1. The molecule has 0 saturated carbocycles. The van der Waals surface area contributed by atoms with Gasteiger partial charge in [-0.2, -0.15) is 5.10 Å². The molecule has 21 heavy (non-hydrogen) atoms. The van der Waals surface area contributed by atoms with Crippen molar-refractivity contribution in [2.45, 2.75) is 6.42 Å². The van der Waals surface area contributed by atoms with Gasteiger partial charge in [-0.25, -0.2) is 0 Å². The van der Waals surface area contributed by atoms with Gasteiger partial charge in [0, 0.05) is 19.8 Å². The van der Waals surface area contributed by atoms with Gasteiger partial charge in [0.1, 0.15) is 10.6 Å². The molecule has 0 aliphatic carbocycles. The first kappa shape index (κ1) is 15.0. The normalized spacial score (nSPS) is 10.4. The number of carbonyl (C=O) groups excluding carboxylic acids is 1. The summed E-state index contributed by atoms with van der Waals surface area (Å²) in [6, 6.07) is 4.26. The molecule has 0 aliphatic heterocycles. The summed E-state index contributed by atoms with van der Waals surface area (Å²) < 4.78 is 1.67. The number of nitro benzene ring substituents is 1. The summed E-state index contributed by atoms with van der Waals surface area (Å²) in [6.45, 7) is 0.355. The van der Waals surface area contributed by atoms with E-state index in [9.17, 15) is 14.9 Å². The van der Waals surface area contributed by atoms with Crippen LogP contribution in [0.2, 0.25) is 5.02 Å². The molecule has 1 amide bonds. The van der Waals surface area contributed by atoms with E-state index in [0.717, 1.165) is 5.56 Å². The number of benzene rings is 1. The number of rotatable bonds is 5. The van der Waals surface area contributed by atoms with E-state index < -0.39 is 10.8 Å². The smallest absolute Gasteiger partial charge is 0.300 e. The van der Waals surface area contributed by atoms with Crippen molar-refractivity contribution in [3.05, 3.63) is 56.9 Å². The van der Waals surface area contributed by atoms with Gasteiger partial charge in [-0.15, -0.1) is 0 Å². The van der Waals surface area contributed by atoms with Crippen molar-refractivity contribution in [2.24, 2.45) is 7.05 Å².